The van der Waals surface area contributed by atoms with Crippen LogP contribution >= 0.6 is 23.6 Å². The number of nitrogens with zero attached hydrogens (tertiary/aromatic N) is 1. The summed E-state index contributed by atoms with van der Waals surface area (Å²) in [6, 6.07) is 3.51. The molecule has 0 bridgehead atoms. The summed E-state index contributed by atoms with van der Waals surface area (Å²) in [5.41, 5.74) is 5.52. The number of thiocarbonyl (C=S) groups is 1. The monoisotopic (exact) mass is 320 g/mol. The lowest BCUT2D eigenvalue weighted by Crippen LogP contribution is -2.49. The quantitative estimate of drug-likeness (QED) is 0.838. The molecule has 2 heterocycles. The Bertz CT molecular complexity index is 567. The second-order valence-corrected chi connectivity index (χ2v) is 8.00. The summed E-state index contributed by atoms with van der Waals surface area (Å²) in [6.45, 7) is 2.84. The van der Waals surface area contributed by atoms with E-state index in [-0.39, 0.29) is 11.5 Å². The first-order valence-corrected chi connectivity index (χ1v) is 8.61. The highest BCUT2D eigenvalue weighted by Crippen LogP contribution is 2.26. The van der Waals surface area contributed by atoms with Crippen molar-refractivity contribution in [2.45, 2.75) is 23.7 Å². The smallest absolute Gasteiger partial charge is 0.252 e. The van der Waals surface area contributed by atoms with Crippen molar-refractivity contribution in [3.8, 4) is 0 Å². The molecule has 5 nitrogen and oxygen atoms in total. The summed E-state index contributed by atoms with van der Waals surface area (Å²) >= 11 is 6.17. The maximum absolute atomic E-state index is 12.5. The topological polar surface area (TPSA) is 72.6 Å². The number of ether oxygens (including phenoxy) is 1. The van der Waals surface area contributed by atoms with E-state index in [2.05, 4.69) is 0 Å². The van der Waals surface area contributed by atoms with Gasteiger partial charge in [0.2, 0.25) is 0 Å². The lowest BCUT2D eigenvalue weighted by atomic mass is 10.3. The molecular weight excluding hydrogens is 304 g/mol. The fourth-order valence-corrected chi connectivity index (χ4v) is 4.85. The van der Waals surface area contributed by atoms with Crippen LogP contribution in [0.15, 0.2) is 16.3 Å². The number of morpholine rings is 1. The average molecular weight is 320 g/mol. The molecule has 0 amide bonds. The largest absolute Gasteiger partial charge is 0.391 e. The van der Waals surface area contributed by atoms with Crippen LogP contribution in [0, 0.1) is 0 Å². The molecule has 1 unspecified atom stereocenters. The SMILES string of the molecule is CCc1ccc(S(=O)(=O)N2CCOC(C(N)=S)C2)s1. The van der Waals surface area contributed by atoms with Crippen LogP contribution < -0.4 is 5.73 Å². The van der Waals surface area contributed by atoms with Crippen molar-refractivity contribution in [3.63, 3.8) is 0 Å². The molecule has 1 atom stereocenters. The summed E-state index contributed by atoms with van der Waals surface area (Å²) in [6.07, 6.45) is 0.336. The maximum atomic E-state index is 12.5. The molecule has 0 radical (unpaired) electrons. The van der Waals surface area contributed by atoms with Gasteiger partial charge in [0, 0.05) is 18.0 Å². The second-order valence-electron chi connectivity index (χ2n) is 4.20. The third kappa shape index (κ3) is 3.14. The van der Waals surface area contributed by atoms with Gasteiger partial charge in [-0.1, -0.05) is 19.1 Å². The van der Waals surface area contributed by atoms with E-state index in [4.69, 9.17) is 22.7 Å². The summed E-state index contributed by atoms with van der Waals surface area (Å²) in [7, 11) is -3.46. The molecule has 0 saturated carbocycles. The Balaban J connectivity index is 2.21. The van der Waals surface area contributed by atoms with Gasteiger partial charge in [-0.15, -0.1) is 11.3 Å². The van der Waals surface area contributed by atoms with E-state index in [0.29, 0.717) is 17.4 Å². The zero-order valence-electron chi connectivity index (χ0n) is 10.5. The minimum absolute atomic E-state index is 0.191. The van der Waals surface area contributed by atoms with E-state index < -0.39 is 16.1 Å². The van der Waals surface area contributed by atoms with E-state index in [0.717, 1.165) is 11.3 Å². The second kappa shape index (κ2) is 5.84. The van der Waals surface area contributed by atoms with E-state index in [1.165, 1.54) is 15.6 Å². The molecule has 8 heteroatoms. The number of sulfonamides is 1. The van der Waals surface area contributed by atoms with Gasteiger partial charge >= 0.3 is 0 Å². The van der Waals surface area contributed by atoms with Gasteiger partial charge in [0.1, 0.15) is 15.3 Å². The maximum Gasteiger partial charge on any atom is 0.252 e. The fraction of sp³-hybridized carbons (Fsp3) is 0.545. The van der Waals surface area contributed by atoms with Crippen molar-refractivity contribution in [3.05, 3.63) is 17.0 Å². The number of nitrogens with two attached hydrogens (primary N) is 1. The van der Waals surface area contributed by atoms with Crippen LogP contribution in [-0.4, -0.2) is 43.5 Å². The molecular formula is C11H16N2O3S3. The predicted octanol–water partition coefficient (Wildman–Crippen LogP) is 0.986. The first kappa shape index (κ1) is 14.9. The minimum Gasteiger partial charge on any atom is -0.391 e. The Labute approximate surface area is 122 Å². The Kier molecular flexibility index (Phi) is 4.57. The normalized spacial score (nSPS) is 21.4. The third-order valence-corrected chi connectivity index (χ3v) is 6.75. The van der Waals surface area contributed by atoms with Gasteiger partial charge in [0.05, 0.1) is 6.61 Å². The predicted molar refractivity (Wildman–Crippen MR) is 79.0 cm³/mol. The standard InChI is InChI=1S/C11H16N2O3S3/c1-2-8-3-4-10(18-8)19(14,15)13-5-6-16-9(7-13)11(12)17/h3-4,9H,2,5-7H2,1H3,(H2,12,17). The molecule has 106 valence electrons. The highest BCUT2D eigenvalue weighted by Gasteiger charge is 2.32. The van der Waals surface area contributed by atoms with Gasteiger partial charge in [-0.3, -0.25) is 0 Å². The first-order chi connectivity index (χ1) is 8.95. The molecule has 1 aromatic heterocycles. The van der Waals surface area contributed by atoms with E-state index in [1.54, 1.807) is 6.07 Å². The van der Waals surface area contributed by atoms with Gasteiger partial charge < -0.3 is 10.5 Å². The van der Waals surface area contributed by atoms with Crippen molar-refractivity contribution in [2.75, 3.05) is 19.7 Å². The number of thiophene rings is 1. The minimum atomic E-state index is -3.46. The van der Waals surface area contributed by atoms with Crippen LogP contribution in [0.4, 0.5) is 0 Å². The van der Waals surface area contributed by atoms with Gasteiger partial charge in [-0.05, 0) is 18.6 Å². The Morgan fingerprint density at radius 2 is 2.37 bits per heavy atom. The summed E-state index contributed by atoms with van der Waals surface area (Å²) in [5, 5.41) is 0. The van der Waals surface area contributed by atoms with Crippen LogP contribution in [0.25, 0.3) is 0 Å². The summed E-state index contributed by atoms with van der Waals surface area (Å²) < 4.78 is 32.1. The molecule has 2 N–H and O–H groups in total. The van der Waals surface area contributed by atoms with E-state index >= 15 is 0 Å². The molecule has 1 saturated heterocycles. The van der Waals surface area contributed by atoms with Crippen LogP contribution in [0.2, 0.25) is 0 Å². The lowest BCUT2D eigenvalue weighted by Gasteiger charge is -2.31. The Hall–Kier alpha value is -0.540. The van der Waals surface area contributed by atoms with Crippen molar-refractivity contribution >= 4 is 38.6 Å². The van der Waals surface area contributed by atoms with Crippen LogP contribution in [-0.2, 0) is 21.2 Å². The van der Waals surface area contributed by atoms with Gasteiger partial charge in [-0.25, -0.2) is 8.42 Å². The number of hydrogen-bond acceptors (Lipinski definition) is 5. The lowest BCUT2D eigenvalue weighted by molar-refractivity contribution is 0.0387. The zero-order valence-corrected chi connectivity index (χ0v) is 13.0. The molecule has 1 aliphatic rings. The van der Waals surface area contributed by atoms with E-state index in [9.17, 15) is 8.42 Å². The third-order valence-electron chi connectivity index (χ3n) is 2.93. The van der Waals surface area contributed by atoms with Crippen molar-refractivity contribution in [1.29, 1.82) is 0 Å². The van der Waals surface area contributed by atoms with Crippen molar-refractivity contribution in [1.82, 2.24) is 4.31 Å². The molecule has 2 rings (SSSR count). The van der Waals surface area contributed by atoms with Crippen molar-refractivity contribution in [2.24, 2.45) is 5.73 Å². The van der Waals surface area contributed by atoms with Gasteiger partial charge in [0.25, 0.3) is 10.0 Å². The van der Waals surface area contributed by atoms with E-state index in [1.807, 2.05) is 13.0 Å². The molecule has 1 aliphatic heterocycles. The Morgan fingerprint density at radius 1 is 1.63 bits per heavy atom. The summed E-state index contributed by atoms with van der Waals surface area (Å²) in [4.78, 5) is 1.25. The van der Waals surface area contributed by atoms with Crippen LogP contribution in [0.5, 0.6) is 0 Å². The molecule has 0 spiro atoms. The highest BCUT2D eigenvalue weighted by molar-refractivity contribution is 7.91. The van der Waals surface area contributed by atoms with Gasteiger partial charge in [-0.2, -0.15) is 4.31 Å². The average Bonchev–Trinajstić information content (AvgIpc) is 2.88. The molecule has 0 aromatic carbocycles. The number of hydrogen-bond donors (Lipinski definition) is 1. The molecule has 0 aliphatic carbocycles. The number of rotatable bonds is 4. The van der Waals surface area contributed by atoms with Crippen LogP contribution in [0.3, 0.4) is 0 Å². The fourth-order valence-electron chi connectivity index (χ4n) is 1.83. The summed E-state index contributed by atoms with van der Waals surface area (Å²) in [5.74, 6) is 0. The molecule has 19 heavy (non-hydrogen) atoms. The first-order valence-electron chi connectivity index (χ1n) is 5.95. The molecule has 1 fully saturated rings. The van der Waals surface area contributed by atoms with Gasteiger partial charge in [0.15, 0.2) is 0 Å². The molecule has 1 aromatic rings. The zero-order chi connectivity index (χ0) is 14.0. The highest BCUT2D eigenvalue weighted by atomic mass is 32.2. The Morgan fingerprint density at radius 3 is 2.95 bits per heavy atom. The van der Waals surface area contributed by atoms with Crippen molar-refractivity contribution < 1.29 is 13.2 Å². The van der Waals surface area contributed by atoms with Crippen LogP contribution in [0.1, 0.15) is 11.8 Å². The number of aryl methyl sites for hydroxylation is 1.